The van der Waals surface area contributed by atoms with Crippen LogP contribution in [0.1, 0.15) is 6.92 Å². The van der Waals surface area contributed by atoms with Gasteiger partial charge < -0.3 is 9.88 Å². The van der Waals surface area contributed by atoms with Gasteiger partial charge in [0.2, 0.25) is 5.91 Å². The van der Waals surface area contributed by atoms with E-state index >= 15 is 0 Å². The molecular weight excluding hydrogens is 380 g/mol. The maximum atomic E-state index is 12.6. The maximum Gasteiger partial charge on any atom is 0.264 e. The molecule has 0 radical (unpaired) electrons. The van der Waals surface area contributed by atoms with Gasteiger partial charge in [-0.25, -0.2) is 4.98 Å². The van der Waals surface area contributed by atoms with Gasteiger partial charge in [0.05, 0.1) is 6.20 Å². The van der Waals surface area contributed by atoms with Crippen LogP contribution in [-0.4, -0.2) is 29.8 Å². The Hall–Kier alpha value is -3.94. The van der Waals surface area contributed by atoms with Crippen molar-refractivity contribution in [2.75, 3.05) is 5.32 Å². The van der Waals surface area contributed by atoms with Gasteiger partial charge in [-0.15, -0.1) is 0 Å². The van der Waals surface area contributed by atoms with E-state index in [-0.39, 0.29) is 18.0 Å². The lowest BCUT2D eigenvalue weighted by atomic mass is 10.1. The van der Waals surface area contributed by atoms with Crippen LogP contribution in [0.3, 0.4) is 0 Å². The van der Waals surface area contributed by atoms with Crippen molar-refractivity contribution in [1.29, 1.82) is 0 Å². The third-order valence-corrected chi connectivity index (χ3v) is 5.40. The first-order valence-corrected chi connectivity index (χ1v) is 9.75. The molecule has 3 aromatic heterocycles. The molecule has 8 nitrogen and oxygen atoms in total. The van der Waals surface area contributed by atoms with E-state index in [1.54, 1.807) is 7.05 Å². The quantitative estimate of drug-likeness (QED) is 0.503. The molecule has 2 aromatic carbocycles. The average Bonchev–Trinajstić information content (AvgIpc) is 3.28. The normalized spacial score (nSPS) is 11.5. The number of nitrogens with zero attached hydrogens (tertiary/aromatic N) is 5. The van der Waals surface area contributed by atoms with Gasteiger partial charge in [-0.05, 0) is 31.2 Å². The van der Waals surface area contributed by atoms with Gasteiger partial charge in [0.15, 0.2) is 5.65 Å². The molecule has 3 heterocycles. The Bertz CT molecular complexity index is 1490. The number of para-hydroxylation sites is 1. The lowest BCUT2D eigenvalue weighted by Crippen LogP contribution is -2.27. The van der Waals surface area contributed by atoms with Crippen LogP contribution >= 0.6 is 0 Å². The second-order valence-electron chi connectivity index (χ2n) is 7.22. The fraction of sp³-hybridized carbons (Fsp3) is 0.182. The molecule has 0 saturated heterocycles. The number of carbonyl (C=O) groups excluding carboxylic acids is 1. The number of anilines is 1. The zero-order chi connectivity index (χ0) is 20.8. The van der Waals surface area contributed by atoms with Gasteiger partial charge in [-0.3, -0.25) is 18.8 Å². The van der Waals surface area contributed by atoms with Crippen LogP contribution in [0.2, 0.25) is 0 Å². The molecule has 0 unspecified atom stereocenters. The van der Waals surface area contributed by atoms with E-state index < -0.39 is 0 Å². The average molecular weight is 400 g/mol. The van der Waals surface area contributed by atoms with Crippen molar-refractivity contribution in [3.63, 3.8) is 0 Å². The molecule has 0 saturated carbocycles. The highest BCUT2D eigenvalue weighted by atomic mass is 16.2. The van der Waals surface area contributed by atoms with Crippen molar-refractivity contribution in [3.8, 4) is 0 Å². The Kier molecular flexibility index (Phi) is 4.13. The molecule has 0 fully saturated rings. The summed E-state index contributed by atoms with van der Waals surface area (Å²) in [7, 11) is 1.72. The van der Waals surface area contributed by atoms with E-state index in [0.29, 0.717) is 16.7 Å². The number of hydrogen-bond acceptors (Lipinski definition) is 4. The number of fused-ring (bicyclic) bond motifs is 4. The van der Waals surface area contributed by atoms with Gasteiger partial charge in [0, 0.05) is 41.1 Å². The summed E-state index contributed by atoms with van der Waals surface area (Å²) in [4.78, 5) is 29.4. The minimum Gasteiger partial charge on any atom is -0.341 e. The predicted octanol–water partition coefficient (Wildman–Crippen LogP) is 2.90. The summed E-state index contributed by atoms with van der Waals surface area (Å²) in [6.07, 6.45) is 2.85. The number of benzene rings is 2. The van der Waals surface area contributed by atoms with Crippen molar-refractivity contribution in [1.82, 2.24) is 23.9 Å². The number of hydrogen-bond donors (Lipinski definition) is 1. The van der Waals surface area contributed by atoms with Crippen LogP contribution < -0.4 is 10.9 Å². The first-order chi connectivity index (χ1) is 14.6. The highest BCUT2D eigenvalue weighted by Gasteiger charge is 2.13. The fourth-order valence-electron chi connectivity index (χ4n) is 4.01. The summed E-state index contributed by atoms with van der Waals surface area (Å²) < 4.78 is 5.08. The Morgan fingerprint density at radius 3 is 2.70 bits per heavy atom. The summed E-state index contributed by atoms with van der Waals surface area (Å²) in [6.45, 7) is 2.86. The number of aryl methyl sites for hydroxylation is 2. The molecule has 150 valence electrons. The highest BCUT2D eigenvalue weighted by Crippen LogP contribution is 2.30. The molecule has 0 aliphatic rings. The van der Waals surface area contributed by atoms with Crippen molar-refractivity contribution >= 4 is 44.4 Å². The topological polar surface area (TPSA) is 86.7 Å². The molecule has 5 rings (SSSR count). The Balaban J connectivity index is 1.46. The summed E-state index contributed by atoms with van der Waals surface area (Å²) in [5.41, 5.74) is 3.19. The van der Waals surface area contributed by atoms with Crippen LogP contribution in [-0.2, 0) is 24.9 Å². The summed E-state index contributed by atoms with van der Waals surface area (Å²) in [6, 6.07) is 14.1. The fourth-order valence-corrected chi connectivity index (χ4v) is 4.01. The molecule has 5 aromatic rings. The van der Waals surface area contributed by atoms with E-state index in [1.165, 1.54) is 27.3 Å². The molecule has 8 heteroatoms. The molecule has 0 atom stereocenters. The Morgan fingerprint density at radius 2 is 1.87 bits per heavy atom. The van der Waals surface area contributed by atoms with Gasteiger partial charge in [0.25, 0.3) is 5.56 Å². The largest absolute Gasteiger partial charge is 0.341 e. The molecule has 1 N–H and O–H groups in total. The van der Waals surface area contributed by atoms with Crippen LogP contribution in [0.4, 0.5) is 5.69 Å². The summed E-state index contributed by atoms with van der Waals surface area (Å²) in [5.74, 6) is -0.291. The lowest BCUT2D eigenvalue weighted by molar-refractivity contribution is -0.116. The second kappa shape index (κ2) is 6.84. The molecule has 0 aliphatic carbocycles. The first kappa shape index (κ1) is 18.1. The van der Waals surface area contributed by atoms with Gasteiger partial charge in [-0.1, -0.05) is 18.2 Å². The summed E-state index contributed by atoms with van der Waals surface area (Å²) >= 11 is 0. The highest BCUT2D eigenvalue weighted by molar-refractivity contribution is 6.09. The molecule has 0 spiro atoms. The number of rotatable bonds is 4. The molecule has 0 bridgehead atoms. The first-order valence-electron chi connectivity index (χ1n) is 9.75. The number of aromatic nitrogens is 5. The molecular formula is C22H20N6O2. The lowest BCUT2D eigenvalue weighted by Gasteiger charge is -2.08. The third kappa shape index (κ3) is 2.76. The third-order valence-electron chi connectivity index (χ3n) is 5.40. The maximum absolute atomic E-state index is 12.6. The Labute approximate surface area is 171 Å². The van der Waals surface area contributed by atoms with E-state index in [1.807, 2.05) is 30.3 Å². The monoisotopic (exact) mass is 400 g/mol. The standard InChI is InChI=1S/C22H20N6O2/c1-3-28-18-7-5-4-6-15(18)16-10-14(8-9-19(16)28)25-20(29)12-27-13-23-21-17(22(27)30)11-24-26(21)2/h4-11,13H,3,12H2,1-2H3,(H,25,29). The summed E-state index contributed by atoms with van der Waals surface area (Å²) in [5, 5.41) is 9.56. The molecule has 0 aliphatic heterocycles. The van der Waals surface area contributed by atoms with Crippen molar-refractivity contribution in [2.24, 2.45) is 7.05 Å². The smallest absolute Gasteiger partial charge is 0.264 e. The van der Waals surface area contributed by atoms with Crippen molar-refractivity contribution < 1.29 is 4.79 Å². The minimum absolute atomic E-state index is 0.120. The molecule has 1 amide bonds. The Morgan fingerprint density at radius 1 is 1.07 bits per heavy atom. The SMILES string of the molecule is CCn1c2ccccc2c2cc(NC(=O)Cn3cnc4c(cnn4C)c3=O)ccc21. The number of nitrogens with one attached hydrogen (secondary N) is 1. The van der Waals surface area contributed by atoms with E-state index in [2.05, 4.69) is 39.0 Å². The van der Waals surface area contributed by atoms with Crippen molar-refractivity contribution in [2.45, 2.75) is 20.0 Å². The van der Waals surface area contributed by atoms with Crippen molar-refractivity contribution in [3.05, 3.63) is 65.3 Å². The minimum atomic E-state index is -0.291. The van der Waals surface area contributed by atoms with Gasteiger partial charge in [0.1, 0.15) is 18.3 Å². The van der Waals surface area contributed by atoms with Crippen LogP contribution in [0.25, 0.3) is 32.8 Å². The van der Waals surface area contributed by atoms with E-state index in [9.17, 15) is 9.59 Å². The van der Waals surface area contributed by atoms with Crippen LogP contribution in [0, 0.1) is 0 Å². The van der Waals surface area contributed by atoms with Crippen LogP contribution in [0.15, 0.2) is 59.8 Å². The number of carbonyl (C=O) groups is 1. The van der Waals surface area contributed by atoms with Gasteiger partial charge >= 0.3 is 0 Å². The second-order valence-corrected chi connectivity index (χ2v) is 7.22. The van der Waals surface area contributed by atoms with Crippen LogP contribution in [0.5, 0.6) is 0 Å². The predicted molar refractivity (Wildman–Crippen MR) is 117 cm³/mol. The zero-order valence-electron chi connectivity index (χ0n) is 16.7. The van der Waals surface area contributed by atoms with E-state index in [4.69, 9.17) is 0 Å². The zero-order valence-corrected chi connectivity index (χ0v) is 16.7. The van der Waals surface area contributed by atoms with E-state index in [0.717, 1.165) is 22.8 Å². The van der Waals surface area contributed by atoms with Gasteiger partial charge in [-0.2, -0.15) is 5.10 Å². The number of amides is 1. The molecule has 30 heavy (non-hydrogen) atoms.